The Bertz CT molecular complexity index is 403. The van der Waals surface area contributed by atoms with E-state index in [2.05, 4.69) is 6.92 Å². The van der Waals surface area contributed by atoms with E-state index < -0.39 is 0 Å². The Morgan fingerprint density at radius 1 is 1.35 bits per heavy atom. The van der Waals surface area contributed by atoms with Gasteiger partial charge in [0, 0.05) is 5.56 Å². The second-order valence-corrected chi connectivity index (χ2v) is 5.13. The molecule has 1 aliphatic carbocycles. The highest BCUT2D eigenvalue weighted by molar-refractivity contribution is 6.33. The van der Waals surface area contributed by atoms with Crippen LogP contribution < -0.4 is 4.74 Å². The molecule has 0 aliphatic heterocycles. The number of hydrogen-bond acceptors (Lipinski definition) is 2. The summed E-state index contributed by atoms with van der Waals surface area (Å²) in [6.45, 7) is 2.23. The monoisotopic (exact) mass is 252 g/mol. The lowest BCUT2D eigenvalue weighted by Crippen LogP contribution is -2.28. The van der Waals surface area contributed by atoms with Crippen LogP contribution in [-0.2, 0) is 0 Å². The van der Waals surface area contributed by atoms with Crippen LogP contribution in [0.4, 0.5) is 0 Å². The number of aldehydes is 1. The van der Waals surface area contributed by atoms with Crippen LogP contribution in [0.1, 0.15) is 43.0 Å². The molecular formula is C14H17ClO2. The molecule has 2 nitrogen and oxygen atoms in total. The van der Waals surface area contributed by atoms with Gasteiger partial charge in [0.05, 0.1) is 5.02 Å². The van der Waals surface area contributed by atoms with E-state index in [4.69, 9.17) is 16.3 Å². The molecule has 0 spiro atoms. The van der Waals surface area contributed by atoms with E-state index in [1.54, 1.807) is 12.1 Å². The molecule has 1 aromatic carbocycles. The van der Waals surface area contributed by atoms with Crippen molar-refractivity contribution in [2.24, 2.45) is 5.92 Å². The predicted molar refractivity (Wildman–Crippen MR) is 68.9 cm³/mol. The topological polar surface area (TPSA) is 26.3 Å². The van der Waals surface area contributed by atoms with E-state index in [-0.39, 0.29) is 6.10 Å². The van der Waals surface area contributed by atoms with Crippen molar-refractivity contribution in [2.45, 2.75) is 38.7 Å². The average Bonchev–Trinajstić information content (AvgIpc) is 2.32. The van der Waals surface area contributed by atoms with Crippen molar-refractivity contribution in [2.75, 3.05) is 0 Å². The Morgan fingerprint density at radius 3 is 2.76 bits per heavy atom. The number of halogens is 1. The lowest BCUT2D eigenvalue weighted by molar-refractivity contribution is 0.102. The van der Waals surface area contributed by atoms with E-state index in [9.17, 15) is 4.79 Å². The van der Waals surface area contributed by atoms with Crippen LogP contribution in [-0.4, -0.2) is 12.4 Å². The van der Waals surface area contributed by atoms with Gasteiger partial charge in [0.25, 0.3) is 0 Å². The van der Waals surface area contributed by atoms with Gasteiger partial charge in [0.1, 0.15) is 11.9 Å². The van der Waals surface area contributed by atoms with Crippen LogP contribution in [0.2, 0.25) is 5.02 Å². The summed E-state index contributed by atoms with van der Waals surface area (Å²) in [6.07, 6.45) is 5.90. The zero-order valence-corrected chi connectivity index (χ0v) is 10.7. The Hall–Kier alpha value is -1.02. The molecule has 92 valence electrons. The van der Waals surface area contributed by atoms with Gasteiger partial charge in [-0.15, -0.1) is 0 Å². The van der Waals surface area contributed by atoms with E-state index in [1.165, 1.54) is 19.3 Å². The molecule has 0 aromatic heterocycles. The number of benzene rings is 1. The number of ether oxygens (including phenoxy) is 1. The highest BCUT2D eigenvalue weighted by Gasteiger charge is 2.22. The smallest absolute Gasteiger partial charge is 0.151 e. The zero-order chi connectivity index (χ0) is 12.3. The average molecular weight is 253 g/mol. The Balaban J connectivity index is 2.07. The van der Waals surface area contributed by atoms with Gasteiger partial charge in [-0.25, -0.2) is 0 Å². The van der Waals surface area contributed by atoms with Crippen LogP contribution in [0.5, 0.6) is 5.75 Å². The van der Waals surface area contributed by atoms with Crippen molar-refractivity contribution >= 4 is 17.9 Å². The van der Waals surface area contributed by atoms with Gasteiger partial charge in [-0.05, 0) is 43.4 Å². The molecule has 1 aliphatic rings. The Labute approximate surface area is 107 Å². The fourth-order valence-corrected chi connectivity index (χ4v) is 2.52. The molecule has 0 amide bonds. The van der Waals surface area contributed by atoms with E-state index in [0.717, 1.165) is 18.5 Å². The lowest BCUT2D eigenvalue weighted by Gasteiger charge is -2.29. The van der Waals surface area contributed by atoms with Gasteiger partial charge in [0.15, 0.2) is 6.29 Å². The fourth-order valence-electron chi connectivity index (χ4n) is 2.31. The van der Waals surface area contributed by atoms with Crippen molar-refractivity contribution < 1.29 is 9.53 Å². The summed E-state index contributed by atoms with van der Waals surface area (Å²) in [6, 6.07) is 5.25. The maximum Gasteiger partial charge on any atom is 0.151 e. The number of carbonyl (C=O) groups excluding carboxylic acids is 1. The molecule has 2 unspecified atom stereocenters. The molecule has 17 heavy (non-hydrogen) atoms. The van der Waals surface area contributed by atoms with Crippen molar-refractivity contribution in [3.05, 3.63) is 28.8 Å². The Kier molecular flexibility index (Phi) is 4.06. The minimum Gasteiger partial charge on any atom is -0.490 e. The van der Waals surface area contributed by atoms with Crippen LogP contribution in [0.25, 0.3) is 0 Å². The van der Waals surface area contributed by atoms with E-state index in [1.807, 2.05) is 6.07 Å². The first-order valence-electron chi connectivity index (χ1n) is 6.12. The summed E-state index contributed by atoms with van der Waals surface area (Å²) in [7, 11) is 0. The van der Waals surface area contributed by atoms with Gasteiger partial charge >= 0.3 is 0 Å². The van der Waals surface area contributed by atoms with Crippen molar-refractivity contribution in [3.63, 3.8) is 0 Å². The van der Waals surface area contributed by atoms with E-state index in [0.29, 0.717) is 16.5 Å². The highest BCUT2D eigenvalue weighted by Crippen LogP contribution is 2.29. The largest absolute Gasteiger partial charge is 0.490 e. The molecule has 1 aromatic rings. The summed E-state index contributed by atoms with van der Waals surface area (Å²) in [5.41, 5.74) is 0.510. The maximum atomic E-state index is 10.7. The Morgan fingerprint density at radius 2 is 2.12 bits per heavy atom. The summed E-state index contributed by atoms with van der Waals surface area (Å²) in [5.74, 6) is 1.35. The standard InChI is InChI=1S/C14H17ClO2/c1-10-4-2-3-5-14(10)17-12-7-6-11(9-16)13(15)8-12/h6-10,14H,2-5H2,1H3. The second kappa shape index (κ2) is 5.54. The number of rotatable bonds is 3. The van der Waals surface area contributed by atoms with Gasteiger partial charge in [-0.1, -0.05) is 24.9 Å². The molecule has 2 rings (SSSR count). The van der Waals surface area contributed by atoms with Crippen molar-refractivity contribution in [1.29, 1.82) is 0 Å². The maximum absolute atomic E-state index is 10.7. The van der Waals surface area contributed by atoms with Crippen LogP contribution in [0, 0.1) is 5.92 Å². The third-order valence-corrected chi connectivity index (χ3v) is 3.75. The minimum atomic E-state index is 0.280. The molecule has 0 radical (unpaired) electrons. The SMILES string of the molecule is CC1CCCCC1Oc1ccc(C=O)c(Cl)c1. The van der Waals surface area contributed by atoms with Gasteiger partial charge in [-0.2, -0.15) is 0 Å². The molecule has 0 heterocycles. The predicted octanol–water partition coefficient (Wildman–Crippen LogP) is 4.11. The first-order chi connectivity index (χ1) is 8.20. The lowest BCUT2D eigenvalue weighted by atomic mass is 9.88. The molecule has 2 atom stereocenters. The number of carbonyl (C=O) groups is 1. The number of hydrogen-bond donors (Lipinski definition) is 0. The molecule has 0 bridgehead atoms. The molecule has 0 saturated heterocycles. The van der Waals surface area contributed by atoms with Gasteiger partial charge < -0.3 is 4.74 Å². The molecule has 0 N–H and O–H groups in total. The van der Waals surface area contributed by atoms with Crippen LogP contribution in [0.3, 0.4) is 0 Å². The fraction of sp³-hybridized carbons (Fsp3) is 0.500. The zero-order valence-electron chi connectivity index (χ0n) is 9.99. The van der Waals surface area contributed by atoms with Crippen LogP contribution >= 0.6 is 11.6 Å². The molecular weight excluding hydrogens is 236 g/mol. The van der Waals surface area contributed by atoms with Crippen molar-refractivity contribution in [3.8, 4) is 5.75 Å². The summed E-state index contributed by atoms with van der Waals surface area (Å²) in [4.78, 5) is 10.7. The van der Waals surface area contributed by atoms with Gasteiger partial charge in [0.2, 0.25) is 0 Å². The highest BCUT2D eigenvalue weighted by atomic mass is 35.5. The molecule has 1 fully saturated rings. The molecule has 3 heteroatoms. The first kappa shape index (κ1) is 12.4. The quantitative estimate of drug-likeness (QED) is 0.757. The second-order valence-electron chi connectivity index (χ2n) is 4.72. The normalized spacial score (nSPS) is 24.4. The minimum absolute atomic E-state index is 0.280. The summed E-state index contributed by atoms with van der Waals surface area (Å²) >= 11 is 5.97. The third kappa shape index (κ3) is 3.01. The first-order valence-corrected chi connectivity index (χ1v) is 6.50. The third-order valence-electron chi connectivity index (χ3n) is 3.42. The van der Waals surface area contributed by atoms with Crippen LogP contribution in [0.15, 0.2) is 18.2 Å². The van der Waals surface area contributed by atoms with Gasteiger partial charge in [-0.3, -0.25) is 4.79 Å². The molecule has 1 saturated carbocycles. The summed E-state index contributed by atoms with van der Waals surface area (Å²) in [5, 5.41) is 0.459. The van der Waals surface area contributed by atoms with E-state index >= 15 is 0 Å². The van der Waals surface area contributed by atoms with Crippen molar-refractivity contribution in [1.82, 2.24) is 0 Å². The summed E-state index contributed by atoms with van der Waals surface area (Å²) < 4.78 is 5.95.